The molecule has 0 spiro atoms. The third kappa shape index (κ3) is 3.69. The fraction of sp³-hybridized carbons (Fsp3) is 0.929. The largest absolute Gasteiger partial charge is 0.355 e. The molecule has 0 aliphatic heterocycles. The summed E-state index contributed by atoms with van der Waals surface area (Å²) >= 11 is 0. The van der Waals surface area contributed by atoms with Gasteiger partial charge in [-0.25, -0.2) is 0 Å². The Balaban J connectivity index is 1.64. The van der Waals surface area contributed by atoms with Crippen molar-refractivity contribution in [3.63, 3.8) is 0 Å². The second-order valence-electron chi connectivity index (χ2n) is 6.11. The zero-order valence-electron chi connectivity index (χ0n) is 11.7. The van der Waals surface area contributed by atoms with Gasteiger partial charge in [-0.05, 0) is 45.6 Å². The summed E-state index contributed by atoms with van der Waals surface area (Å²) in [6.45, 7) is 2.94. The van der Waals surface area contributed by atoms with Crippen molar-refractivity contribution in [1.82, 2.24) is 10.2 Å². The molecule has 0 saturated heterocycles. The van der Waals surface area contributed by atoms with E-state index in [9.17, 15) is 4.79 Å². The van der Waals surface area contributed by atoms with E-state index in [2.05, 4.69) is 24.2 Å². The van der Waals surface area contributed by atoms with E-state index in [1.165, 1.54) is 19.3 Å². The van der Waals surface area contributed by atoms with Crippen molar-refractivity contribution in [2.75, 3.05) is 13.6 Å². The average molecular weight is 253 g/mol. The predicted molar refractivity (Wildman–Crippen MR) is 73.2 cm³/mol. The lowest BCUT2D eigenvalue weighted by atomic mass is 10.00. The fourth-order valence-corrected chi connectivity index (χ4v) is 2.88. The maximum Gasteiger partial charge on any atom is 0.220 e. The lowest BCUT2D eigenvalue weighted by Gasteiger charge is -2.25. The van der Waals surface area contributed by atoms with Gasteiger partial charge in [0.2, 0.25) is 5.91 Å². The summed E-state index contributed by atoms with van der Waals surface area (Å²) in [4.78, 5) is 14.2. The molecule has 0 aromatic carbocycles. The first-order valence-corrected chi connectivity index (χ1v) is 7.32. The molecule has 4 nitrogen and oxygen atoms in total. The van der Waals surface area contributed by atoms with Crippen LogP contribution >= 0.6 is 0 Å². The van der Waals surface area contributed by atoms with Crippen LogP contribution in [0.25, 0.3) is 0 Å². The topological polar surface area (TPSA) is 58.4 Å². The van der Waals surface area contributed by atoms with Gasteiger partial charge in [-0.1, -0.05) is 6.42 Å². The van der Waals surface area contributed by atoms with E-state index in [0.717, 1.165) is 25.4 Å². The van der Waals surface area contributed by atoms with Gasteiger partial charge in [-0.15, -0.1) is 0 Å². The lowest BCUT2D eigenvalue weighted by Crippen LogP contribution is -2.42. The molecule has 3 atom stereocenters. The Bertz CT molecular complexity index is 291. The molecule has 0 aromatic heterocycles. The molecule has 2 rings (SSSR count). The van der Waals surface area contributed by atoms with Crippen LogP contribution in [0, 0.1) is 5.92 Å². The molecular formula is C14H27N3O. The molecule has 104 valence electrons. The number of amides is 1. The van der Waals surface area contributed by atoms with Gasteiger partial charge in [-0.2, -0.15) is 0 Å². The molecule has 2 saturated carbocycles. The normalized spacial score (nSPS) is 29.6. The minimum Gasteiger partial charge on any atom is -0.355 e. The van der Waals surface area contributed by atoms with E-state index >= 15 is 0 Å². The van der Waals surface area contributed by atoms with Crippen molar-refractivity contribution < 1.29 is 4.79 Å². The van der Waals surface area contributed by atoms with Crippen LogP contribution in [0.15, 0.2) is 0 Å². The van der Waals surface area contributed by atoms with Gasteiger partial charge < -0.3 is 11.1 Å². The summed E-state index contributed by atoms with van der Waals surface area (Å²) in [6, 6.07) is 1.42. The zero-order chi connectivity index (χ0) is 13.1. The first-order chi connectivity index (χ1) is 8.58. The predicted octanol–water partition coefficient (Wildman–Crippen LogP) is 1.10. The first-order valence-electron chi connectivity index (χ1n) is 7.32. The van der Waals surface area contributed by atoms with Gasteiger partial charge in [0, 0.05) is 31.1 Å². The highest BCUT2D eigenvalue weighted by Gasteiger charge is 2.29. The second kappa shape index (κ2) is 6.02. The standard InChI is InChI=1S/C14H27N3O/c1-10(17(2)12-6-7-12)9-16-14(18)8-11-4-3-5-13(11)15/h10-13H,3-9,15H2,1-2H3,(H,16,18)/t10?,11-,13+/m0/s1. The van der Waals surface area contributed by atoms with Crippen LogP contribution in [0.2, 0.25) is 0 Å². The summed E-state index contributed by atoms with van der Waals surface area (Å²) < 4.78 is 0. The Morgan fingerprint density at radius 2 is 2.11 bits per heavy atom. The molecular weight excluding hydrogens is 226 g/mol. The van der Waals surface area contributed by atoms with Crippen LogP contribution in [0.1, 0.15) is 45.4 Å². The van der Waals surface area contributed by atoms with Gasteiger partial charge in [0.05, 0.1) is 0 Å². The number of hydrogen-bond acceptors (Lipinski definition) is 3. The highest BCUT2D eigenvalue weighted by molar-refractivity contribution is 5.76. The summed E-state index contributed by atoms with van der Waals surface area (Å²) in [5, 5.41) is 3.06. The quantitative estimate of drug-likeness (QED) is 0.745. The van der Waals surface area contributed by atoms with E-state index in [0.29, 0.717) is 18.4 Å². The lowest BCUT2D eigenvalue weighted by molar-refractivity contribution is -0.122. The average Bonchev–Trinajstić information content (AvgIpc) is 3.12. The smallest absolute Gasteiger partial charge is 0.220 e. The third-order valence-electron chi connectivity index (χ3n) is 4.58. The van der Waals surface area contributed by atoms with Crippen molar-refractivity contribution in [1.29, 1.82) is 0 Å². The van der Waals surface area contributed by atoms with E-state index in [-0.39, 0.29) is 11.9 Å². The molecule has 2 aliphatic carbocycles. The molecule has 2 aliphatic rings. The van der Waals surface area contributed by atoms with Crippen LogP contribution in [0.4, 0.5) is 0 Å². The van der Waals surface area contributed by atoms with Crippen molar-refractivity contribution in [2.45, 2.75) is 63.6 Å². The van der Waals surface area contributed by atoms with E-state index in [4.69, 9.17) is 5.73 Å². The third-order valence-corrected chi connectivity index (χ3v) is 4.58. The SMILES string of the molecule is CC(CNC(=O)C[C@@H]1CCC[C@H]1N)N(C)C1CC1. The van der Waals surface area contributed by atoms with Gasteiger partial charge in [0.25, 0.3) is 0 Å². The molecule has 2 fully saturated rings. The van der Waals surface area contributed by atoms with Gasteiger partial charge in [0.1, 0.15) is 0 Å². The molecule has 1 unspecified atom stereocenters. The number of carbonyl (C=O) groups is 1. The van der Waals surface area contributed by atoms with E-state index in [1.54, 1.807) is 0 Å². The van der Waals surface area contributed by atoms with Crippen molar-refractivity contribution >= 4 is 5.91 Å². The van der Waals surface area contributed by atoms with Gasteiger partial charge in [0.15, 0.2) is 0 Å². The summed E-state index contributed by atoms with van der Waals surface area (Å²) in [7, 11) is 2.15. The minimum absolute atomic E-state index is 0.174. The monoisotopic (exact) mass is 253 g/mol. The Morgan fingerprint density at radius 1 is 1.39 bits per heavy atom. The van der Waals surface area contributed by atoms with Crippen molar-refractivity contribution in [3.05, 3.63) is 0 Å². The number of hydrogen-bond donors (Lipinski definition) is 2. The number of likely N-dealkylation sites (N-methyl/N-ethyl adjacent to an activating group) is 1. The Hall–Kier alpha value is -0.610. The molecule has 18 heavy (non-hydrogen) atoms. The number of nitrogens with one attached hydrogen (secondary N) is 1. The van der Waals surface area contributed by atoms with E-state index in [1.807, 2.05) is 0 Å². The number of rotatable bonds is 6. The molecule has 0 heterocycles. The highest BCUT2D eigenvalue weighted by Crippen LogP contribution is 2.27. The highest BCUT2D eigenvalue weighted by atomic mass is 16.1. The second-order valence-corrected chi connectivity index (χ2v) is 6.11. The molecule has 1 amide bonds. The maximum absolute atomic E-state index is 11.9. The molecule has 0 bridgehead atoms. The molecule has 0 radical (unpaired) electrons. The summed E-state index contributed by atoms with van der Waals surface area (Å²) in [6.07, 6.45) is 6.61. The Labute approximate surface area is 110 Å². The Morgan fingerprint density at radius 3 is 2.67 bits per heavy atom. The van der Waals surface area contributed by atoms with Gasteiger partial charge >= 0.3 is 0 Å². The molecule has 0 aromatic rings. The fourth-order valence-electron chi connectivity index (χ4n) is 2.88. The summed E-state index contributed by atoms with van der Waals surface area (Å²) in [5.41, 5.74) is 5.99. The number of carbonyl (C=O) groups excluding carboxylic acids is 1. The van der Waals surface area contributed by atoms with Crippen LogP contribution in [-0.2, 0) is 4.79 Å². The summed E-state index contributed by atoms with van der Waals surface area (Å²) in [5.74, 6) is 0.579. The number of nitrogens with zero attached hydrogens (tertiary/aromatic N) is 1. The molecule has 3 N–H and O–H groups in total. The van der Waals surface area contributed by atoms with Crippen molar-refractivity contribution in [2.24, 2.45) is 11.7 Å². The van der Waals surface area contributed by atoms with Crippen LogP contribution < -0.4 is 11.1 Å². The minimum atomic E-state index is 0.174. The number of nitrogens with two attached hydrogens (primary N) is 1. The first kappa shape index (κ1) is 13.8. The maximum atomic E-state index is 11.9. The van der Waals surface area contributed by atoms with Crippen LogP contribution in [0.3, 0.4) is 0 Å². The van der Waals surface area contributed by atoms with Crippen LogP contribution in [-0.4, -0.2) is 42.5 Å². The Kier molecular flexibility index (Phi) is 4.62. The zero-order valence-corrected chi connectivity index (χ0v) is 11.7. The van der Waals surface area contributed by atoms with Crippen LogP contribution in [0.5, 0.6) is 0 Å². The van der Waals surface area contributed by atoms with Crippen molar-refractivity contribution in [3.8, 4) is 0 Å². The van der Waals surface area contributed by atoms with Gasteiger partial charge in [-0.3, -0.25) is 9.69 Å². The van der Waals surface area contributed by atoms with E-state index < -0.39 is 0 Å². The molecule has 4 heteroatoms.